The zero-order valence-corrected chi connectivity index (χ0v) is 16.8. The highest BCUT2D eigenvalue weighted by Crippen LogP contribution is 2.44. The number of hydrogen-bond acceptors (Lipinski definition) is 1. The minimum Gasteiger partial charge on any atom is -0.508 e. The van der Waals surface area contributed by atoms with Crippen LogP contribution in [-0.4, -0.2) is 13.2 Å². The Hall–Kier alpha value is -1.28. The molecule has 126 valence electrons. The van der Waals surface area contributed by atoms with Crippen molar-refractivity contribution in [2.24, 2.45) is 0 Å². The van der Waals surface area contributed by atoms with Crippen LogP contribution < -0.4 is 5.19 Å². The van der Waals surface area contributed by atoms with Crippen molar-refractivity contribution in [3.8, 4) is 5.75 Å². The molecule has 1 N–H and O–H groups in total. The summed E-state index contributed by atoms with van der Waals surface area (Å²) in [6.45, 7) is 16.1. The van der Waals surface area contributed by atoms with E-state index in [0.717, 1.165) is 17.7 Å². The van der Waals surface area contributed by atoms with Crippen molar-refractivity contribution in [3.05, 3.63) is 35.9 Å². The summed E-state index contributed by atoms with van der Waals surface area (Å²) in [5, 5.41) is 15.2. The summed E-state index contributed by atoms with van der Waals surface area (Å²) in [6.07, 6.45) is 0. The van der Waals surface area contributed by atoms with Crippen molar-refractivity contribution < 1.29 is 5.11 Å². The van der Waals surface area contributed by atoms with Gasteiger partial charge in [0.1, 0.15) is 5.75 Å². The maximum atomic E-state index is 11.3. The number of hydrogen-bond donors (Lipinski definition) is 1. The van der Waals surface area contributed by atoms with E-state index in [1.807, 2.05) is 0 Å². The normalized spacial score (nSPS) is 13.0. The lowest BCUT2D eigenvalue weighted by molar-refractivity contribution is 0.469. The average molecular weight is 329 g/mol. The summed E-state index contributed by atoms with van der Waals surface area (Å²) in [7, 11) is -1.81. The Labute approximate surface area is 142 Å². The summed E-state index contributed by atoms with van der Waals surface area (Å²) in [4.78, 5) is 0. The highest BCUT2D eigenvalue weighted by atomic mass is 28.3. The number of benzene rings is 2. The third-order valence-corrected chi connectivity index (χ3v) is 12.5. The molecule has 0 aromatic heterocycles. The van der Waals surface area contributed by atoms with E-state index in [0.29, 0.717) is 11.7 Å². The summed E-state index contributed by atoms with van der Waals surface area (Å²) in [5.41, 5.74) is 1.13. The Morgan fingerprint density at radius 3 is 2.09 bits per heavy atom. The molecular formula is C21H32OSi. The Morgan fingerprint density at radius 1 is 1.04 bits per heavy atom. The van der Waals surface area contributed by atoms with Crippen molar-refractivity contribution in [2.45, 2.75) is 71.5 Å². The molecule has 0 aliphatic rings. The fourth-order valence-corrected chi connectivity index (χ4v) is 9.62. The van der Waals surface area contributed by atoms with Crippen LogP contribution in [0.15, 0.2) is 30.3 Å². The molecule has 0 bridgehead atoms. The Morgan fingerprint density at radius 2 is 1.61 bits per heavy atom. The first-order valence-electron chi connectivity index (χ1n) is 8.94. The van der Waals surface area contributed by atoms with Crippen molar-refractivity contribution >= 4 is 24.0 Å². The fraction of sp³-hybridized carbons (Fsp3) is 0.524. The number of rotatable bonds is 4. The van der Waals surface area contributed by atoms with Gasteiger partial charge in [0.05, 0.1) is 8.07 Å². The Kier molecular flexibility index (Phi) is 4.96. The van der Waals surface area contributed by atoms with E-state index >= 15 is 0 Å². The lowest BCUT2D eigenvalue weighted by Crippen LogP contribution is -2.54. The van der Waals surface area contributed by atoms with Gasteiger partial charge in [-0.3, -0.25) is 0 Å². The molecule has 0 atom stereocenters. The van der Waals surface area contributed by atoms with E-state index in [1.165, 1.54) is 16.0 Å². The topological polar surface area (TPSA) is 20.2 Å². The van der Waals surface area contributed by atoms with Crippen LogP contribution in [0.2, 0.25) is 17.1 Å². The van der Waals surface area contributed by atoms with Crippen LogP contribution in [0.5, 0.6) is 5.75 Å². The van der Waals surface area contributed by atoms with E-state index in [1.54, 1.807) is 0 Å². The maximum absolute atomic E-state index is 11.3. The molecule has 23 heavy (non-hydrogen) atoms. The second kappa shape index (κ2) is 6.31. The first kappa shape index (κ1) is 18.1. The lowest BCUT2D eigenvalue weighted by atomic mass is 9.95. The smallest absolute Gasteiger partial charge is 0.118 e. The average Bonchev–Trinajstić information content (AvgIpc) is 2.47. The van der Waals surface area contributed by atoms with E-state index in [-0.39, 0.29) is 5.04 Å². The van der Waals surface area contributed by atoms with Gasteiger partial charge in [-0.25, -0.2) is 0 Å². The predicted octanol–water partition coefficient (Wildman–Crippen LogP) is 6.16. The molecule has 0 unspecified atom stereocenters. The minimum atomic E-state index is -1.81. The number of aromatic hydroxyl groups is 1. The van der Waals surface area contributed by atoms with Crippen LogP contribution in [0.25, 0.3) is 10.8 Å². The van der Waals surface area contributed by atoms with Crippen molar-refractivity contribution in [2.75, 3.05) is 0 Å². The van der Waals surface area contributed by atoms with E-state index in [4.69, 9.17) is 0 Å². The number of fused-ring (bicyclic) bond motifs is 1. The van der Waals surface area contributed by atoms with Gasteiger partial charge in [0, 0.05) is 5.56 Å². The van der Waals surface area contributed by atoms with Crippen molar-refractivity contribution in [1.82, 2.24) is 0 Å². The van der Waals surface area contributed by atoms with Crippen molar-refractivity contribution in [3.63, 3.8) is 0 Å². The first-order valence-corrected chi connectivity index (χ1v) is 11.4. The standard InChI is InChI=1S/C21H32OSi/c1-8-23(9-2,21(5,6)7)18-14-16-12-10-11-13-17(16)19(15(3)4)20(18)22/h10-15,22H,8-9H2,1-7H3. The van der Waals surface area contributed by atoms with Crippen LogP contribution in [-0.2, 0) is 0 Å². The molecule has 2 heteroatoms. The lowest BCUT2D eigenvalue weighted by Gasteiger charge is -2.43. The van der Waals surface area contributed by atoms with Gasteiger partial charge in [-0.2, -0.15) is 0 Å². The molecule has 0 saturated heterocycles. The number of phenolic OH excluding ortho intramolecular Hbond substituents is 1. The third kappa shape index (κ3) is 2.82. The molecule has 0 fully saturated rings. The quantitative estimate of drug-likeness (QED) is 0.666. The molecule has 0 radical (unpaired) electrons. The molecule has 2 aromatic carbocycles. The number of phenols is 1. The third-order valence-electron chi connectivity index (χ3n) is 5.80. The fourth-order valence-electron chi connectivity index (χ4n) is 4.41. The molecular weight excluding hydrogens is 296 g/mol. The van der Waals surface area contributed by atoms with Crippen LogP contribution in [0.1, 0.15) is 59.9 Å². The van der Waals surface area contributed by atoms with Gasteiger partial charge in [0.2, 0.25) is 0 Å². The van der Waals surface area contributed by atoms with Gasteiger partial charge in [-0.1, -0.05) is 90.9 Å². The zero-order chi connectivity index (χ0) is 17.4. The largest absolute Gasteiger partial charge is 0.508 e. The predicted molar refractivity (Wildman–Crippen MR) is 106 cm³/mol. The van der Waals surface area contributed by atoms with E-state index in [9.17, 15) is 5.11 Å². The van der Waals surface area contributed by atoms with Gasteiger partial charge < -0.3 is 5.11 Å². The summed E-state index contributed by atoms with van der Waals surface area (Å²) in [5.74, 6) is 0.893. The monoisotopic (exact) mass is 328 g/mol. The highest BCUT2D eigenvalue weighted by molar-refractivity contribution is 6.94. The molecule has 0 aliphatic carbocycles. The molecule has 2 aromatic rings. The second-order valence-electron chi connectivity index (χ2n) is 8.10. The highest BCUT2D eigenvalue weighted by Gasteiger charge is 2.45. The molecule has 1 nitrogen and oxygen atoms in total. The van der Waals surface area contributed by atoms with Gasteiger partial charge >= 0.3 is 0 Å². The van der Waals surface area contributed by atoms with Crippen LogP contribution in [0, 0.1) is 0 Å². The van der Waals surface area contributed by atoms with Crippen LogP contribution >= 0.6 is 0 Å². The van der Waals surface area contributed by atoms with Gasteiger partial charge in [-0.15, -0.1) is 0 Å². The molecule has 0 amide bonds. The molecule has 2 rings (SSSR count). The zero-order valence-electron chi connectivity index (χ0n) is 15.8. The SMILES string of the molecule is CC[Si](CC)(c1cc2ccccc2c(C(C)C)c1O)C(C)(C)C. The summed E-state index contributed by atoms with van der Waals surface area (Å²) >= 11 is 0. The Balaban J connectivity index is 2.92. The van der Waals surface area contributed by atoms with E-state index < -0.39 is 8.07 Å². The summed E-state index contributed by atoms with van der Waals surface area (Å²) < 4.78 is 0. The molecule has 0 heterocycles. The molecule has 0 saturated carbocycles. The van der Waals surface area contributed by atoms with Crippen molar-refractivity contribution in [1.29, 1.82) is 0 Å². The first-order chi connectivity index (χ1) is 10.7. The molecule has 0 spiro atoms. The van der Waals surface area contributed by atoms with Gasteiger partial charge in [0.15, 0.2) is 0 Å². The molecule has 0 aliphatic heterocycles. The maximum Gasteiger partial charge on any atom is 0.118 e. The minimum absolute atomic E-state index is 0.227. The Bertz CT molecular complexity index is 691. The van der Waals surface area contributed by atoms with E-state index in [2.05, 4.69) is 78.8 Å². The van der Waals surface area contributed by atoms with Crippen LogP contribution in [0.3, 0.4) is 0 Å². The van der Waals surface area contributed by atoms with Crippen LogP contribution in [0.4, 0.5) is 0 Å². The van der Waals surface area contributed by atoms with Gasteiger partial charge in [-0.05, 0) is 26.9 Å². The summed E-state index contributed by atoms with van der Waals surface area (Å²) in [6, 6.07) is 13.1. The second-order valence-corrected chi connectivity index (χ2v) is 13.7. The van der Waals surface area contributed by atoms with Gasteiger partial charge in [0.25, 0.3) is 0 Å².